The van der Waals surface area contributed by atoms with Crippen LogP contribution in [0, 0.1) is 5.92 Å². The van der Waals surface area contributed by atoms with Crippen molar-refractivity contribution in [1.82, 2.24) is 4.90 Å². The monoisotopic (exact) mass is 395 g/mol. The fourth-order valence-corrected chi connectivity index (χ4v) is 3.50. The first-order valence-corrected chi connectivity index (χ1v) is 10.3. The smallest absolute Gasteiger partial charge is 0.416 e. The molecule has 0 saturated carbocycles. The number of amides is 2. The molecule has 0 aliphatic carbocycles. The number of cyclic esters (lactones) is 1. The molecule has 2 amide bonds. The molecule has 2 atom stereocenters. The lowest BCUT2D eigenvalue weighted by Crippen LogP contribution is -2.43. The maximum atomic E-state index is 13.0. The number of carbonyl (C=O) groups excluding carboxylic acids is 2. The zero-order valence-electron chi connectivity index (χ0n) is 17.2. The summed E-state index contributed by atoms with van der Waals surface area (Å²) in [4.78, 5) is 26.5. The topological polar surface area (TPSA) is 55.8 Å². The van der Waals surface area contributed by atoms with Crippen molar-refractivity contribution in [2.24, 2.45) is 5.92 Å². The van der Waals surface area contributed by atoms with Crippen LogP contribution in [0.1, 0.15) is 37.8 Å². The first kappa shape index (κ1) is 20.9. The third kappa shape index (κ3) is 5.59. The molecule has 29 heavy (non-hydrogen) atoms. The van der Waals surface area contributed by atoms with Gasteiger partial charge >= 0.3 is 6.09 Å². The number of carbonyl (C=O) groups is 2. The second-order valence-corrected chi connectivity index (χ2v) is 7.58. The molecule has 0 unspecified atom stereocenters. The highest BCUT2D eigenvalue weighted by molar-refractivity contribution is 5.94. The van der Waals surface area contributed by atoms with Gasteiger partial charge in [-0.3, -0.25) is 4.79 Å². The molecule has 0 N–H and O–H groups in total. The van der Waals surface area contributed by atoms with Crippen LogP contribution in [0.3, 0.4) is 0 Å². The lowest BCUT2D eigenvalue weighted by atomic mass is 9.98. The van der Waals surface area contributed by atoms with Gasteiger partial charge in [0.15, 0.2) is 0 Å². The van der Waals surface area contributed by atoms with E-state index in [0.717, 1.165) is 29.7 Å². The second kappa shape index (κ2) is 10.1. The Labute approximate surface area is 172 Å². The molecule has 5 nitrogen and oxygen atoms in total. The van der Waals surface area contributed by atoms with Crippen LogP contribution in [-0.2, 0) is 22.4 Å². The highest BCUT2D eigenvalue weighted by Gasteiger charge is 2.39. The number of hydrogen-bond donors (Lipinski definition) is 0. The van der Waals surface area contributed by atoms with Crippen molar-refractivity contribution < 1.29 is 19.1 Å². The van der Waals surface area contributed by atoms with Crippen molar-refractivity contribution in [3.05, 3.63) is 65.7 Å². The first-order chi connectivity index (χ1) is 14.1. The number of nitrogens with zero attached hydrogens (tertiary/aromatic N) is 1. The van der Waals surface area contributed by atoms with Gasteiger partial charge in [-0.1, -0.05) is 62.7 Å². The lowest BCUT2D eigenvalue weighted by Gasteiger charge is -2.23. The number of imide groups is 1. The molecule has 1 aliphatic rings. The summed E-state index contributed by atoms with van der Waals surface area (Å²) in [6.07, 6.45) is 2.76. The number of rotatable bonds is 9. The van der Waals surface area contributed by atoms with Crippen LogP contribution in [0.2, 0.25) is 0 Å². The van der Waals surface area contributed by atoms with Gasteiger partial charge in [-0.15, -0.1) is 0 Å². The minimum Gasteiger partial charge on any atom is -0.494 e. The van der Waals surface area contributed by atoms with Gasteiger partial charge in [-0.2, -0.15) is 0 Å². The number of hydrogen-bond acceptors (Lipinski definition) is 4. The van der Waals surface area contributed by atoms with Crippen molar-refractivity contribution in [3.63, 3.8) is 0 Å². The Morgan fingerprint density at radius 1 is 1.14 bits per heavy atom. The van der Waals surface area contributed by atoms with Crippen molar-refractivity contribution >= 4 is 12.0 Å². The zero-order valence-corrected chi connectivity index (χ0v) is 17.2. The third-order valence-electron chi connectivity index (χ3n) is 5.17. The van der Waals surface area contributed by atoms with E-state index in [1.165, 1.54) is 4.90 Å². The molecule has 1 aliphatic heterocycles. The molecule has 1 fully saturated rings. The molecule has 1 heterocycles. The van der Waals surface area contributed by atoms with Gasteiger partial charge in [0.2, 0.25) is 5.91 Å². The standard InChI is InChI=1S/C24H29NO4/c1-3-4-14-28-22-12-10-20(11-13-22)15-18(2)23(26)25-21(17-29-24(25)27)16-19-8-6-5-7-9-19/h5-13,18,21H,3-4,14-17H2,1-2H3/t18-,21+/m0/s1. The molecule has 5 heteroatoms. The van der Waals surface area contributed by atoms with Crippen molar-refractivity contribution in [3.8, 4) is 5.75 Å². The number of benzene rings is 2. The summed E-state index contributed by atoms with van der Waals surface area (Å²) in [6, 6.07) is 17.4. The second-order valence-electron chi connectivity index (χ2n) is 7.58. The summed E-state index contributed by atoms with van der Waals surface area (Å²) in [5, 5.41) is 0. The van der Waals surface area contributed by atoms with Gasteiger partial charge in [0, 0.05) is 5.92 Å². The van der Waals surface area contributed by atoms with Gasteiger partial charge in [0.1, 0.15) is 12.4 Å². The van der Waals surface area contributed by atoms with E-state index in [4.69, 9.17) is 9.47 Å². The van der Waals surface area contributed by atoms with Gasteiger partial charge < -0.3 is 9.47 Å². The molecule has 0 spiro atoms. The predicted molar refractivity (Wildman–Crippen MR) is 112 cm³/mol. The Hall–Kier alpha value is -2.82. The molecule has 0 bridgehead atoms. The van der Waals surface area contributed by atoms with E-state index in [2.05, 4.69) is 6.92 Å². The van der Waals surface area contributed by atoms with Crippen LogP contribution in [0.25, 0.3) is 0 Å². The van der Waals surface area contributed by atoms with Crippen LogP contribution < -0.4 is 4.74 Å². The normalized spacial score (nSPS) is 17.1. The molecular formula is C24H29NO4. The van der Waals surface area contributed by atoms with Crippen LogP contribution >= 0.6 is 0 Å². The minimum atomic E-state index is -0.539. The SMILES string of the molecule is CCCCOc1ccc(C[C@H](C)C(=O)N2C(=O)OC[C@H]2Cc2ccccc2)cc1. The first-order valence-electron chi connectivity index (χ1n) is 10.3. The summed E-state index contributed by atoms with van der Waals surface area (Å²) in [6.45, 7) is 4.95. The maximum absolute atomic E-state index is 13.0. The van der Waals surface area contributed by atoms with Crippen LogP contribution in [0.15, 0.2) is 54.6 Å². The summed E-state index contributed by atoms with van der Waals surface area (Å²) in [7, 11) is 0. The quantitative estimate of drug-likeness (QED) is 0.581. The largest absolute Gasteiger partial charge is 0.494 e. The minimum absolute atomic E-state index is 0.184. The molecule has 2 aromatic rings. The Balaban J connectivity index is 1.60. The Morgan fingerprint density at radius 3 is 2.55 bits per heavy atom. The van der Waals surface area contributed by atoms with Crippen molar-refractivity contribution in [2.45, 2.75) is 45.6 Å². The Morgan fingerprint density at radius 2 is 1.86 bits per heavy atom. The van der Waals surface area contributed by atoms with E-state index in [-0.39, 0.29) is 24.5 Å². The maximum Gasteiger partial charge on any atom is 0.416 e. The number of ether oxygens (including phenoxy) is 2. The highest BCUT2D eigenvalue weighted by Crippen LogP contribution is 2.22. The van der Waals surface area contributed by atoms with E-state index in [1.54, 1.807) is 0 Å². The summed E-state index contributed by atoms with van der Waals surface area (Å²) in [5.41, 5.74) is 2.13. The average Bonchev–Trinajstić information content (AvgIpc) is 3.09. The molecule has 0 radical (unpaired) electrons. The Bertz CT molecular complexity index is 803. The summed E-state index contributed by atoms with van der Waals surface area (Å²) >= 11 is 0. The highest BCUT2D eigenvalue weighted by atomic mass is 16.6. The van der Waals surface area contributed by atoms with E-state index < -0.39 is 6.09 Å². The zero-order chi connectivity index (χ0) is 20.6. The predicted octanol–water partition coefficient (Wildman–Crippen LogP) is 4.63. The van der Waals surface area contributed by atoms with E-state index in [0.29, 0.717) is 19.4 Å². The van der Waals surface area contributed by atoms with Crippen LogP contribution in [0.5, 0.6) is 5.75 Å². The molecule has 3 rings (SSSR count). The van der Waals surface area contributed by atoms with Gasteiger partial charge in [-0.25, -0.2) is 9.69 Å². The van der Waals surface area contributed by atoms with Crippen molar-refractivity contribution in [2.75, 3.05) is 13.2 Å². The lowest BCUT2D eigenvalue weighted by molar-refractivity contribution is -0.132. The molecule has 0 aromatic heterocycles. The van der Waals surface area contributed by atoms with Crippen LogP contribution in [-0.4, -0.2) is 36.2 Å². The van der Waals surface area contributed by atoms with Crippen molar-refractivity contribution in [1.29, 1.82) is 0 Å². The van der Waals surface area contributed by atoms with E-state index >= 15 is 0 Å². The summed E-state index contributed by atoms with van der Waals surface area (Å²) in [5.74, 6) is 0.342. The molecular weight excluding hydrogens is 366 g/mol. The Kier molecular flexibility index (Phi) is 7.28. The van der Waals surface area contributed by atoms with E-state index in [9.17, 15) is 9.59 Å². The van der Waals surface area contributed by atoms with E-state index in [1.807, 2.05) is 61.5 Å². The van der Waals surface area contributed by atoms with Gasteiger partial charge in [-0.05, 0) is 42.5 Å². The van der Waals surface area contributed by atoms with Crippen LogP contribution in [0.4, 0.5) is 4.79 Å². The molecule has 1 saturated heterocycles. The fourth-order valence-electron chi connectivity index (χ4n) is 3.50. The average molecular weight is 395 g/mol. The van der Waals surface area contributed by atoms with Gasteiger partial charge in [0.05, 0.1) is 12.6 Å². The molecule has 2 aromatic carbocycles. The summed E-state index contributed by atoms with van der Waals surface area (Å²) < 4.78 is 10.9. The molecule has 154 valence electrons. The number of unbranched alkanes of at least 4 members (excludes halogenated alkanes) is 1. The fraction of sp³-hybridized carbons (Fsp3) is 0.417. The van der Waals surface area contributed by atoms with Gasteiger partial charge in [0.25, 0.3) is 0 Å². The third-order valence-corrected chi connectivity index (χ3v) is 5.17.